The molecule has 4 rings (SSSR count). The highest BCUT2D eigenvalue weighted by Gasteiger charge is 2.12. The number of nitrogens with zero attached hydrogens (tertiary/aromatic N) is 2. The van der Waals surface area contributed by atoms with E-state index in [1.165, 1.54) is 21.7 Å². The summed E-state index contributed by atoms with van der Waals surface area (Å²) < 4.78 is 0. The molecule has 2 aromatic heterocycles. The fourth-order valence-electron chi connectivity index (χ4n) is 3.65. The van der Waals surface area contributed by atoms with E-state index < -0.39 is 0 Å². The summed E-state index contributed by atoms with van der Waals surface area (Å²) in [5.74, 6) is 0.870. The molecule has 0 fully saturated rings. The molecule has 0 saturated heterocycles. The van der Waals surface area contributed by atoms with E-state index in [-0.39, 0.29) is 0 Å². The van der Waals surface area contributed by atoms with Gasteiger partial charge in [0.15, 0.2) is 0 Å². The molecule has 2 aromatic carbocycles. The normalized spacial score (nSPS) is 11.8. The molecule has 0 aliphatic heterocycles. The Hall–Kier alpha value is -2.74. The van der Waals surface area contributed by atoms with E-state index >= 15 is 0 Å². The molecular weight excluding hydrogens is 316 g/mol. The van der Waals surface area contributed by atoms with E-state index in [1.807, 2.05) is 6.20 Å². The first kappa shape index (κ1) is 16.7. The molecule has 2 nitrogen and oxygen atoms in total. The number of benzene rings is 2. The molecule has 130 valence electrons. The van der Waals surface area contributed by atoms with Crippen molar-refractivity contribution in [2.24, 2.45) is 0 Å². The zero-order chi connectivity index (χ0) is 18.3. The van der Waals surface area contributed by atoms with Gasteiger partial charge in [0.25, 0.3) is 0 Å². The average molecular weight is 340 g/mol. The molecule has 0 spiro atoms. The van der Waals surface area contributed by atoms with Crippen molar-refractivity contribution in [2.75, 3.05) is 0 Å². The number of aromatic nitrogens is 2. The summed E-state index contributed by atoms with van der Waals surface area (Å²) in [5, 5.41) is 3.71. The largest absolute Gasteiger partial charge is 0.260 e. The van der Waals surface area contributed by atoms with Crippen molar-refractivity contribution >= 4 is 21.7 Å². The number of fused-ring (bicyclic) bond motifs is 2. The maximum Gasteiger partial charge on any atom is 0.0712 e. The van der Waals surface area contributed by atoms with Crippen LogP contribution in [0.5, 0.6) is 0 Å². The smallest absolute Gasteiger partial charge is 0.0712 e. The minimum atomic E-state index is 0.413. The van der Waals surface area contributed by atoms with Gasteiger partial charge in [0.2, 0.25) is 0 Å². The van der Waals surface area contributed by atoms with E-state index in [2.05, 4.69) is 87.3 Å². The first-order valence-corrected chi connectivity index (χ1v) is 9.33. The Morgan fingerprint density at radius 3 is 2.35 bits per heavy atom. The van der Waals surface area contributed by atoms with Crippen molar-refractivity contribution in [1.82, 2.24) is 9.97 Å². The van der Waals surface area contributed by atoms with E-state index in [0.29, 0.717) is 11.8 Å². The molecule has 0 atom stereocenters. The van der Waals surface area contributed by atoms with Crippen LogP contribution in [0.4, 0.5) is 0 Å². The fourth-order valence-corrected chi connectivity index (χ4v) is 3.65. The summed E-state index contributed by atoms with van der Waals surface area (Å²) in [7, 11) is 0. The number of hydrogen-bond acceptors (Lipinski definition) is 2. The Labute approximate surface area is 154 Å². The molecule has 0 amide bonds. The summed E-state index contributed by atoms with van der Waals surface area (Å²) in [5.41, 5.74) is 5.77. The number of pyridine rings is 2. The van der Waals surface area contributed by atoms with E-state index in [9.17, 15) is 0 Å². The first-order chi connectivity index (χ1) is 12.5. The van der Waals surface area contributed by atoms with Gasteiger partial charge in [0, 0.05) is 22.5 Å². The van der Waals surface area contributed by atoms with E-state index in [0.717, 1.165) is 22.5 Å². The summed E-state index contributed by atoms with van der Waals surface area (Å²) in [6.45, 7) is 8.87. The lowest BCUT2D eigenvalue weighted by Crippen LogP contribution is -1.96. The molecule has 0 radical (unpaired) electrons. The second-order valence-corrected chi connectivity index (χ2v) is 7.56. The average Bonchev–Trinajstić information content (AvgIpc) is 2.65. The van der Waals surface area contributed by atoms with Crippen molar-refractivity contribution in [3.05, 3.63) is 72.1 Å². The zero-order valence-corrected chi connectivity index (χ0v) is 15.8. The molecule has 0 bridgehead atoms. The third-order valence-electron chi connectivity index (χ3n) is 5.01. The Morgan fingerprint density at radius 2 is 1.58 bits per heavy atom. The second-order valence-electron chi connectivity index (χ2n) is 7.56. The van der Waals surface area contributed by atoms with Gasteiger partial charge in [0.1, 0.15) is 0 Å². The lowest BCUT2D eigenvalue weighted by atomic mass is 9.95. The molecule has 26 heavy (non-hydrogen) atoms. The van der Waals surface area contributed by atoms with Gasteiger partial charge in [-0.1, -0.05) is 58.0 Å². The van der Waals surface area contributed by atoms with Crippen LogP contribution in [0.1, 0.15) is 50.8 Å². The Kier molecular flexibility index (Phi) is 4.20. The summed E-state index contributed by atoms with van der Waals surface area (Å²) >= 11 is 0. The van der Waals surface area contributed by atoms with Gasteiger partial charge < -0.3 is 0 Å². The third-order valence-corrected chi connectivity index (χ3v) is 5.01. The van der Waals surface area contributed by atoms with Crippen LogP contribution in [0.2, 0.25) is 0 Å². The molecule has 0 aliphatic rings. The van der Waals surface area contributed by atoms with Crippen molar-refractivity contribution in [2.45, 2.75) is 39.5 Å². The van der Waals surface area contributed by atoms with Crippen LogP contribution in [0.15, 0.2) is 60.8 Å². The SMILES string of the molecule is CC(C)c1nccc2cc(-c3cc(C(C)C)c4ccccc4n3)ccc12. The topological polar surface area (TPSA) is 25.8 Å². The zero-order valence-electron chi connectivity index (χ0n) is 15.8. The van der Waals surface area contributed by atoms with Crippen LogP contribution >= 0.6 is 0 Å². The van der Waals surface area contributed by atoms with Crippen LogP contribution in [-0.2, 0) is 0 Å². The monoisotopic (exact) mass is 340 g/mol. The van der Waals surface area contributed by atoms with Gasteiger partial charge in [-0.2, -0.15) is 0 Å². The molecule has 2 heterocycles. The van der Waals surface area contributed by atoms with Gasteiger partial charge in [-0.3, -0.25) is 4.98 Å². The molecule has 0 unspecified atom stereocenters. The van der Waals surface area contributed by atoms with E-state index in [4.69, 9.17) is 4.98 Å². The summed E-state index contributed by atoms with van der Waals surface area (Å²) in [4.78, 5) is 9.51. The first-order valence-electron chi connectivity index (χ1n) is 9.33. The van der Waals surface area contributed by atoms with Crippen LogP contribution in [-0.4, -0.2) is 9.97 Å². The van der Waals surface area contributed by atoms with Crippen LogP contribution in [0, 0.1) is 0 Å². The van der Waals surface area contributed by atoms with Crippen LogP contribution < -0.4 is 0 Å². The highest BCUT2D eigenvalue weighted by Crippen LogP contribution is 2.32. The molecule has 0 aliphatic carbocycles. The lowest BCUT2D eigenvalue weighted by molar-refractivity contribution is 0.834. The van der Waals surface area contributed by atoms with Crippen molar-refractivity contribution in [3.8, 4) is 11.3 Å². The predicted octanol–water partition coefficient (Wildman–Crippen LogP) is 6.70. The summed E-state index contributed by atoms with van der Waals surface area (Å²) in [6.07, 6.45) is 1.91. The highest BCUT2D eigenvalue weighted by atomic mass is 14.7. The Morgan fingerprint density at radius 1 is 0.769 bits per heavy atom. The lowest BCUT2D eigenvalue weighted by Gasteiger charge is -2.14. The van der Waals surface area contributed by atoms with Crippen molar-refractivity contribution in [1.29, 1.82) is 0 Å². The Balaban J connectivity index is 1.92. The van der Waals surface area contributed by atoms with Crippen molar-refractivity contribution < 1.29 is 0 Å². The number of para-hydroxylation sites is 1. The third kappa shape index (κ3) is 2.86. The minimum Gasteiger partial charge on any atom is -0.260 e. The van der Waals surface area contributed by atoms with Crippen molar-refractivity contribution in [3.63, 3.8) is 0 Å². The molecule has 4 aromatic rings. The molecule has 0 N–H and O–H groups in total. The van der Waals surface area contributed by atoms with Gasteiger partial charge in [-0.05, 0) is 47.1 Å². The second kappa shape index (κ2) is 6.53. The molecule has 2 heteroatoms. The number of rotatable bonds is 3. The van der Waals surface area contributed by atoms with Gasteiger partial charge >= 0.3 is 0 Å². The van der Waals surface area contributed by atoms with Crippen LogP contribution in [0.3, 0.4) is 0 Å². The highest BCUT2D eigenvalue weighted by molar-refractivity contribution is 5.90. The standard InChI is InChI=1S/C24H24N2/c1-15(2)21-14-23(26-22-8-6-5-7-20(21)22)18-9-10-19-17(13-18)11-12-25-24(19)16(3)4/h5-16H,1-4H3. The maximum atomic E-state index is 4.94. The summed E-state index contributed by atoms with van der Waals surface area (Å²) in [6, 6.07) is 19.4. The minimum absolute atomic E-state index is 0.413. The Bertz CT molecular complexity index is 1090. The fraction of sp³-hybridized carbons (Fsp3) is 0.250. The van der Waals surface area contributed by atoms with Gasteiger partial charge in [-0.25, -0.2) is 4.98 Å². The maximum absolute atomic E-state index is 4.94. The van der Waals surface area contributed by atoms with Crippen LogP contribution in [0.25, 0.3) is 32.9 Å². The quantitative estimate of drug-likeness (QED) is 0.415. The van der Waals surface area contributed by atoms with Gasteiger partial charge in [-0.15, -0.1) is 0 Å². The van der Waals surface area contributed by atoms with Gasteiger partial charge in [0.05, 0.1) is 16.9 Å². The predicted molar refractivity (Wildman–Crippen MR) is 111 cm³/mol. The number of hydrogen-bond donors (Lipinski definition) is 0. The van der Waals surface area contributed by atoms with E-state index in [1.54, 1.807) is 0 Å². The molecular formula is C24H24N2. The molecule has 0 saturated carbocycles.